The number of hydrogen-bond donors (Lipinski definition) is 1. The Morgan fingerprint density at radius 1 is 1.50 bits per heavy atom. The van der Waals surface area contributed by atoms with Crippen molar-refractivity contribution in [2.45, 2.75) is 39.2 Å². The molecule has 4 heteroatoms. The number of aromatic nitrogens is 2. The van der Waals surface area contributed by atoms with Crippen molar-refractivity contribution in [2.24, 2.45) is 13.0 Å². The molecule has 1 aromatic heterocycles. The Morgan fingerprint density at radius 2 is 2.28 bits per heavy atom. The fraction of sp³-hybridized carbons (Fsp3) is 0.786. The van der Waals surface area contributed by atoms with E-state index in [4.69, 9.17) is 4.74 Å². The maximum atomic E-state index is 5.21. The number of nitrogens with zero attached hydrogens (tertiary/aromatic N) is 2. The normalized spacial score (nSPS) is 14.7. The molecule has 18 heavy (non-hydrogen) atoms. The van der Waals surface area contributed by atoms with E-state index >= 15 is 0 Å². The molecule has 0 radical (unpaired) electrons. The minimum Gasteiger partial charge on any atom is -0.384 e. The van der Waals surface area contributed by atoms with E-state index in [0.29, 0.717) is 12.0 Å². The Hall–Kier alpha value is -0.870. The Balaban J connectivity index is 2.37. The number of nitrogens with one attached hydrogen (secondary N) is 1. The smallest absolute Gasteiger partial charge is 0.0521 e. The van der Waals surface area contributed by atoms with Crippen LogP contribution in [-0.4, -0.2) is 36.1 Å². The van der Waals surface area contributed by atoms with Crippen molar-refractivity contribution in [3.05, 3.63) is 18.0 Å². The molecule has 0 saturated heterocycles. The lowest BCUT2D eigenvalue weighted by molar-refractivity contribution is 0.148. The summed E-state index contributed by atoms with van der Waals surface area (Å²) in [6.07, 6.45) is 7.48. The van der Waals surface area contributed by atoms with Crippen LogP contribution in [0.4, 0.5) is 0 Å². The van der Waals surface area contributed by atoms with Gasteiger partial charge in [-0.05, 0) is 37.3 Å². The fourth-order valence-electron chi connectivity index (χ4n) is 2.37. The van der Waals surface area contributed by atoms with Gasteiger partial charge >= 0.3 is 0 Å². The number of hydrogen-bond acceptors (Lipinski definition) is 3. The average Bonchev–Trinajstić information content (AvgIpc) is 2.73. The quantitative estimate of drug-likeness (QED) is 0.731. The molecule has 1 rings (SSSR count). The first-order valence-electron chi connectivity index (χ1n) is 6.85. The molecule has 2 atom stereocenters. The van der Waals surface area contributed by atoms with E-state index in [1.54, 1.807) is 7.11 Å². The van der Waals surface area contributed by atoms with Gasteiger partial charge in [-0.3, -0.25) is 4.68 Å². The summed E-state index contributed by atoms with van der Waals surface area (Å²) in [6, 6.07) is 0.570. The second-order valence-electron chi connectivity index (χ2n) is 5.11. The maximum absolute atomic E-state index is 5.21. The molecule has 1 heterocycles. The second-order valence-corrected chi connectivity index (χ2v) is 5.11. The summed E-state index contributed by atoms with van der Waals surface area (Å²) in [5, 5.41) is 7.77. The van der Waals surface area contributed by atoms with Crippen LogP contribution in [0.5, 0.6) is 0 Å². The fourth-order valence-corrected chi connectivity index (χ4v) is 2.37. The summed E-state index contributed by atoms with van der Waals surface area (Å²) in [4.78, 5) is 0. The van der Waals surface area contributed by atoms with Crippen molar-refractivity contribution in [1.29, 1.82) is 0 Å². The van der Waals surface area contributed by atoms with Gasteiger partial charge in [-0.2, -0.15) is 5.10 Å². The lowest BCUT2D eigenvalue weighted by Gasteiger charge is -2.21. The molecule has 2 unspecified atom stereocenters. The summed E-state index contributed by atoms with van der Waals surface area (Å²) in [5.74, 6) is 0.605. The number of rotatable bonds is 9. The van der Waals surface area contributed by atoms with E-state index in [0.717, 1.165) is 26.0 Å². The van der Waals surface area contributed by atoms with Crippen LogP contribution in [-0.2, 0) is 18.2 Å². The van der Waals surface area contributed by atoms with Gasteiger partial charge < -0.3 is 10.1 Å². The highest BCUT2D eigenvalue weighted by atomic mass is 16.5. The second kappa shape index (κ2) is 8.27. The van der Waals surface area contributed by atoms with Crippen LogP contribution in [0.1, 0.15) is 32.3 Å². The molecular formula is C14H27N3O. The van der Waals surface area contributed by atoms with Crippen LogP contribution in [0.15, 0.2) is 12.4 Å². The van der Waals surface area contributed by atoms with Crippen LogP contribution < -0.4 is 5.32 Å². The summed E-state index contributed by atoms with van der Waals surface area (Å²) in [7, 11) is 3.74. The van der Waals surface area contributed by atoms with E-state index in [9.17, 15) is 0 Å². The number of methoxy groups -OCH3 is 1. The van der Waals surface area contributed by atoms with E-state index in [1.165, 1.54) is 12.0 Å². The predicted molar refractivity (Wildman–Crippen MR) is 74.7 cm³/mol. The first-order chi connectivity index (χ1) is 8.65. The Morgan fingerprint density at radius 3 is 2.83 bits per heavy atom. The summed E-state index contributed by atoms with van der Waals surface area (Å²) >= 11 is 0. The molecule has 0 spiro atoms. The third-order valence-electron chi connectivity index (χ3n) is 3.17. The first-order valence-corrected chi connectivity index (χ1v) is 6.85. The van der Waals surface area contributed by atoms with E-state index in [2.05, 4.69) is 30.5 Å². The van der Waals surface area contributed by atoms with Crippen LogP contribution in [0, 0.1) is 5.92 Å². The molecule has 0 amide bonds. The third-order valence-corrected chi connectivity index (χ3v) is 3.17. The van der Waals surface area contributed by atoms with Crippen LogP contribution >= 0.6 is 0 Å². The number of ether oxygens (including phenoxy) is 1. The van der Waals surface area contributed by atoms with Crippen LogP contribution in [0.25, 0.3) is 0 Å². The topological polar surface area (TPSA) is 39.1 Å². The molecule has 0 aliphatic carbocycles. The van der Waals surface area contributed by atoms with Gasteiger partial charge in [0.15, 0.2) is 0 Å². The van der Waals surface area contributed by atoms with Gasteiger partial charge in [-0.15, -0.1) is 0 Å². The van der Waals surface area contributed by atoms with Gasteiger partial charge in [0.25, 0.3) is 0 Å². The predicted octanol–water partition coefficient (Wildman–Crippen LogP) is 2.00. The van der Waals surface area contributed by atoms with Crippen molar-refractivity contribution in [3.8, 4) is 0 Å². The highest BCUT2D eigenvalue weighted by molar-refractivity contribution is 5.03. The molecule has 0 aromatic carbocycles. The Kier molecular flexibility index (Phi) is 6.98. The zero-order valence-electron chi connectivity index (χ0n) is 12.1. The molecule has 1 N–H and O–H groups in total. The zero-order valence-corrected chi connectivity index (χ0v) is 12.1. The van der Waals surface area contributed by atoms with Crippen molar-refractivity contribution >= 4 is 0 Å². The Labute approximate surface area is 111 Å². The van der Waals surface area contributed by atoms with Gasteiger partial charge in [-0.1, -0.05) is 13.8 Å². The van der Waals surface area contributed by atoms with Gasteiger partial charge in [0.2, 0.25) is 0 Å². The molecule has 0 aliphatic heterocycles. The molecule has 0 saturated carbocycles. The molecular weight excluding hydrogens is 226 g/mol. The summed E-state index contributed by atoms with van der Waals surface area (Å²) in [5.41, 5.74) is 1.32. The minimum absolute atomic E-state index is 0.570. The molecule has 0 aliphatic rings. The van der Waals surface area contributed by atoms with E-state index < -0.39 is 0 Å². The SMILES string of the molecule is CCNC(CCc1cnn(C)c1)CC(C)COC. The molecule has 104 valence electrons. The van der Waals surface area contributed by atoms with Gasteiger partial charge in [0, 0.05) is 33.0 Å². The number of aryl methyl sites for hydroxylation is 2. The zero-order chi connectivity index (χ0) is 13.4. The summed E-state index contributed by atoms with van der Waals surface area (Å²) < 4.78 is 7.07. The van der Waals surface area contributed by atoms with Crippen molar-refractivity contribution in [1.82, 2.24) is 15.1 Å². The highest BCUT2D eigenvalue weighted by Crippen LogP contribution is 2.12. The van der Waals surface area contributed by atoms with Gasteiger partial charge in [-0.25, -0.2) is 0 Å². The van der Waals surface area contributed by atoms with Gasteiger partial charge in [0.05, 0.1) is 6.20 Å². The summed E-state index contributed by atoms with van der Waals surface area (Å²) in [6.45, 7) is 6.28. The first kappa shape index (κ1) is 15.2. The van der Waals surface area contributed by atoms with Crippen molar-refractivity contribution in [2.75, 3.05) is 20.3 Å². The molecule has 0 bridgehead atoms. The third kappa shape index (κ3) is 5.65. The van der Waals surface area contributed by atoms with Crippen molar-refractivity contribution < 1.29 is 4.74 Å². The lowest BCUT2D eigenvalue weighted by atomic mass is 9.97. The minimum atomic E-state index is 0.570. The average molecular weight is 253 g/mol. The highest BCUT2D eigenvalue weighted by Gasteiger charge is 2.12. The molecule has 0 fully saturated rings. The lowest BCUT2D eigenvalue weighted by Crippen LogP contribution is -2.31. The van der Waals surface area contributed by atoms with E-state index in [1.807, 2.05) is 17.9 Å². The maximum Gasteiger partial charge on any atom is 0.0521 e. The monoisotopic (exact) mass is 253 g/mol. The van der Waals surface area contributed by atoms with E-state index in [-0.39, 0.29) is 0 Å². The molecule has 1 aromatic rings. The van der Waals surface area contributed by atoms with Crippen LogP contribution in [0.2, 0.25) is 0 Å². The van der Waals surface area contributed by atoms with Gasteiger partial charge in [0.1, 0.15) is 0 Å². The largest absolute Gasteiger partial charge is 0.384 e. The van der Waals surface area contributed by atoms with Crippen LogP contribution in [0.3, 0.4) is 0 Å². The Bertz CT molecular complexity index is 325. The van der Waals surface area contributed by atoms with Crippen molar-refractivity contribution in [3.63, 3.8) is 0 Å². The molecule has 4 nitrogen and oxygen atoms in total. The standard InChI is InChI=1S/C14H27N3O/c1-5-15-14(8-12(2)11-18-4)7-6-13-9-16-17(3)10-13/h9-10,12,14-15H,5-8,11H2,1-4H3.